The van der Waals surface area contributed by atoms with Gasteiger partial charge in [-0.15, -0.1) is 0 Å². The summed E-state index contributed by atoms with van der Waals surface area (Å²) in [6.07, 6.45) is 3.20. The van der Waals surface area contributed by atoms with Gasteiger partial charge in [-0.25, -0.2) is 4.39 Å². The maximum atomic E-state index is 13.8. The molecule has 0 unspecified atom stereocenters. The van der Waals surface area contributed by atoms with Crippen LogP contribution in [0.25, 0.3) is 0 Å². The molecule has 1 aromatic heterocycles. The van der Waals surface area contributed by atoms with Crippen LogP contribution < -0.4 is 4.90 Å². The third kappa shape index (κ3) is 2.95. The van der Waals surface area contributed by atoms with Crippen molar-refractivity contribution < 1.29 is 13.9 Å². The van der Waals surface area contributed by atoms with Crippen molar-refractivity contribution >= 4 is 5.69 Å². The molecular formula is C17H20FNO2. The van der Waals surface area contributed by atoms with E-state index in [2.05, 4.69) is 4.90 Å². The Morgan fingerprint density at radius 1 is 1.43 bits per heavy atom. The molecule has 0 spiro atoms. The Morgan fingerprint density at radius 2 is 2.19 bits per heavy atom. The highest BCUT2D eigenvalue weighted by molar-refractivity contribution is 5.58. The second kappa shape index (κ2) is 5.53. The van der Waals surface area contributed by atoms with E-state index in [-0.39, 0.29) is 5.82 Å². The second-order valence-corrected chi connectivity index (χ2v) is 5.77. The van der Waals surface area contributed by atoms with Crippen LogP contribution in [-0.4, -0.2) is 11.1 Å². The van der Waals surface area contributed by atoms with Crippen LogP contribution in [0, 0.1) is 12.7 Å². The van der Waals surface area contributed by atoms with Crippen LogP contribution >= 0.6 is 0 Å². The minimum atomic E-state index is -0.701. The summed E-state index contributed by atoms with van der Waals surface area (Å²) in [5.41, 5.74) is 2.14. The van der Waals surface area contributed by atoms with Gasteiger partial charge in [-0.2, -0.15) is 0 Å². The van der Waals surface area contributed by atoms with Crippen LogP contribution in [0.15, 0.2) is 34.9 Å². The van der Waals surface area contributed by atoms with Gasteiger partial charge in [-0.1, -0.05) is 0 Å². The molecule has 1 atom stereocenters. The molecule has 0 saturated heterocycles. The highest BCUT2D eigenvalue weighted by atomic mass is 19.1. The van der Waals surface area contributed by atoms with E-state index >= 15 is 0 Å². The van der Waals surface area contributed by atoms with Crippen LogP contribution in [0.2, 0.25) is 0 Å². The van der Waals surface area contributed by atoms with Crippen molar-refractivity contribution in [1.82, 2.24) is 0 Å². The lowest BCUT2D eigenvalue weighted by molar-refractivity contribution is 0.199. The summed E-state index contributed by atoms with van der Waals surface area (Å²) < 4.78 is 19.3. The molecule has 0 aliphatic heterocycles. The zero-order valence-electron chi connectivity index (χ0n) is 12.3. The van der Waals surface area contributed by atoms with Crippen molar-refractivity contribution in [3.63, 3.8) is 0 Å². The molecule has 3 nitrogen and oxygen atoms in total. The van der Waals surface area contributed by atoms with Gasteiger partial charge < -0.3 is 14.4 Å². The average Bonchev–Trinajstić information content (AvgIpc) is 3.15. The van der Waals surface area contributed by atoms with E-state index in [0.29, 0.717) is 23.7 Å². The summed E-state index contributed by atoms with van der Waals surface area (Å²) in [5, 5.41) is 9.98. The van der Waals surface area contributed by atoms with E-state index in [1.165, 1.54) is 6.07 Å². The molecule has 21 heavy (non-hydrogen) atoms. The monoisotopic (exact) mass is 289 g/mol. The Labute approximate surface area is 124 Å². The number of furan rings is 1. The molecule has 1 saturated carbocycles. The van der Waals surface area contributed by atoms with Crippen molar-refractivity contribution in [3.05, 3.63) is 53.2 Å². The van der Waals surface area contributed by atoms with Crippen LogP contribution in [-0.2, 0) is 6.54 Å². The molecular weight excluding hydrogens is 269 g/mol. The number of aliphatic hydroxyl groups is 1. The Hall–Kier alpha value is -1.81. The predicted molar refractivity (Wildman–Crippen MR) is 79.7 cm³/mol. The summed E-state index contributed by atoms with van der Waals surface area (Å²) in [5.74, 6) is 0.601. The lowest BCUT2D eigenvalue weighted by Gasteiger charge is -2.28. The third-order valence-corrected chi connectivity index (χ3v) is 3.96. The van der Waals surface area contributed by atoms with Crippen LogP contribution in [0.1, 0.15) is 42.8 Å². The second-order valence-electron chi connectivity index (χ2n) is 5.77. The first-order valence-corrected chi connectivity index (χ1v) is 7.33. The highest BCUT2D eigenvalue weighted by Gasteiger charge is 2.32. The van der Waals surface area contributed by atoms with Crippen molar-refractivity contribution in [2.45, 2.75) is 45.4 Å². The number of nitrogens with zero attached hydrogens (tertiary/aromatic N) is 1. The molecule has 1 aliphatic rings. The maximum Gasteiger partial charge on any atom is 0.126 e. The molecule has 0 bridgehead atoms. The molecule has 1 heterocycles. The van der Waals surface area contributed by atoms with Crippen LogP contribution in [0.5, 0.6) is 0 Å². The zero-order chi connectivity index (χ0) is 15.0. The number of benzene rings is 1. The van der Waals surface area contributed by atoms with E-state index in [0.717, 1.165) is 24.3 Å². The quantitative estimate of drug-likeness (QED) is 0.905. The molecule has 1 aliphatic carbocycles. The third-order valence-electron chi connectivity index (χ3n) is 3.96. The highest BCUT2D eigenvalue weighted by Crippen LogP contribution is 2.38. The van der Waals surface area contributed by atoms with E-state index < -0.39 is 6.10 Å². The number of hydrogen-bond acceptors (Lipinski definition) is 3. The lowest BCUT2D eigenvalue weighted by Crippen LogP contribution is -2.26. The molecule has 4 heteroatoms. The Bertz CT molecular complexity index is 618. The minimum Gasteiger partial charge on any atom is -0.467 e. The number of rotatable bonds is 5. The normalized spacial score (nSPS) is 16.0. The van der Waals surface area contributed by atoms with Crippen LogP contribution in [0.4, 0.5) is 10.1 Å². The molecule has 0 radical (unpaired) electrons. The van der Waals surface area contributed by atoms with E-state index in [4.69, 9.17) is 4.42 Å². The fraction of sp³-hybridized carbons (Fsp3) is 0.412. The number of aryl methyl sites for hydroxylation is 1. The largest absolute Gasteiger partial charge is 0.467 e. The number of aliphatic hydroxyl groups excluding tert-OH is 1. The van der Waals surface area contributed by atoms with Gasteiger partial charge >= 0.3 is 0 Å². The van der Waals surface area contributed by atoms with Crippen LogP contribution in [0.3, 0.4) is 0 Å². The Balaban J connectivity index is 2.00. The first-order valence-electron chi connectivity index (χ1n) is 7.33. The van der Waals surface area contributed by atoms with Gasteiger partial charge in [0.25, 0.3) is 0 Å². The standard InChI is InChI=1S/C17H20FNO2/c1-11-8-17(15(12(2)20)9-16(11)18)19(13-5-6-13)10-14-4-3-7-21-14/h3-4,7-9,12-13,20H,5-6,10H2,1-2H3/t12-/m1/s1. The van der Waals surface area contributed by atoms with Crippen molar-refractivity contribution in [1.29, 1.82) is 0 Å². The van der Waals surface area contributed by atoms with E-state index in [9.17, 15) is 9.50 Å². The number of hydrogen-bond donors (Lipinski definition) is 1. The van der Waals surface area contributed by atoms with E-state index in [1.807, 2.05) is 18.2 Å². The topological polar surface area (TPSA) is 36.6 Å². The van der Waals surface area contributed by atoms with Gasteiger partial charge in [0, 0.05) is 17.3 Å². The predicted octanol–water partition coefficient (Wildman–Crippen LogP) is 3.95. The minimum absolute atomic E-state index is 0.275. The molecule has 1 fully saturated rings. The summed E-state index contributed by atoms with van der Waals surface area (Å²) in [6.45, 7) is 4.07. The van der Waals surface area contributed by atoms with Gasteiger partial charge in [-0.05, 0) is 56.5 Å². The summed E-state index contributed by atoms with van der Waals surface area (Å²) in [7, 11) is 0. The van der Waals surface area contributed by atoms with Gasteiger partial charge in [0.05, 0.1) is 18.9 Å². The summed E-state index contributed by atoms with van der Waals surface area (Å²) in [6, 6.07) is 7.53. The van der Waals surface area contributed by atoms with Gasteiger partial charge in [0.1, 0.15) is 11.6 Å². The number of halogens is 1. The van der Waals surface area contributed by atoms with Crippen molar-refractivity contribution in [3.8, 4) is 0 Å². The average molecular weight is 289 g/mol. The summed E-state index contributed by atoms with van der Waals surface area (Å²) in [4.78, 5) is 2.22. The lowest BCUT2D eigenvalue weighted by atomic mass is 10.0. The smallest absolute Gasteiger partial charge is 0.126 e. The van der Waals surface area contributed by atoms with Gasteiger partial charge in [0.15, 0.2) is 0 Å². The van der Waals surface area contributed by atoms with Gasteiger partial charge in [-0.3, -0.25) is 0 Å². The molecule has 1 N–H and O–H groups in total. The number of anilines is 1. The molecule has 112 valence electrons. The first kappa shape index (κ1) is 14.1. The maximum absolute atomic E-state index is 13.8. The van der Waals surface area contributed by atoms with Crippen molar-refractivity contribution in [2.75, 3.05) is 4.90 Å². The zero-order valence-corrected chi connectivity index (χ0v) is 12.3. The SMILES string of the molecule is Cc1cc(N(Cc2ccco2)C2CC2)c([C@@H](C)O)cc1F. The van der Waals surface area contributed by atoms with Crippen molar-refractivity contribution in [2.24, 2.45) is 0 Å². The van der Waals surface area contributed by atoms with Gasteiger partial charge in [0.2, 0.25) is 0 Å². The fourth-order valence-corrected chi connectivity index (χ4v) is 2.63. The first-order chi connectivity index (χ1) is 10.1. The molecule has 3 rings (SSSR count). The summed E-state index contributed by atoms with van der Waals surface area (Å²) >= 11 is 0. The molecule has 2 aromatic rings. The molecule has 0 amide bonds. The molecule has 1 aromatic carbocycles. The Morgan fingerprint density at radius 3 is 2.76 bits per heavy atom. The Kier molecular flexibility index (Phi) is 3.72. The van der Waals surface area contributed by atoms with E-state index in [1.54, 1.807) is 20.1 Å². The fourth-order valence-electron chi connectivity index (χ4n) is 2.63.